The minimum absolute atomic E-state index is 0.0563. The van der Waals surface area contributed by atoms with Crippen LogP contribution in [-0.4, -0.2) is 31.3 Å². The lowest BCUT2D eigenvalue weighted by Gasteiger charge is -2.21. The fourth-order valence-electron chi connectivity index (χ4n) is 2.09. The van der Waals surface area contributed by atoms with Gasteiger partial charge >= 0.3 is 0 Å². The van der Waals surface area contributed by atoms with Crippen LogP contribution in [0.2, 0.25) is 0 Å². The standard InChI is InChI=1S/C15H16N2O5S2/c1-3-8-16(11-13-5-4-9-23-13)24(20,21)15-10-12(17(18)19)6-7-14(15)22-2/h3-7,9-10H,1,8,11H2,2H3. The molecule has 0 saturated carbocycles. The number of nitro benzene ring substituents is 1. The molecule has 1 heterocycles. The zero-order chi connectivity index (χ0) is 17.7. The molecule has 9 heteroatoms. The van der Waals surface area contributed by atoms with Crippen LogP contribution >= 0.6 is 11.3 Å². The van der Waals surface area contributed by atoms with E-state index in [1.165, 1.54) is 41.0 Å². The highest BCUT2D eigenvalue weighted by Gasteiger charge is 2.29. The summed E-state index contributed by atoms with van der Waals surface area (Å²) in [5.74, 6) is 0.0563. The van der Waals surface area contributed by atoms with E-state index in [4.69, 9.17) is 4.74 Å². The van der Waals surface area contributed by atoms with E-state index < -0.39 is 14.9 Å². The van der Waals surface area contributed by atoms with E-state index in [0.29, 0.717) is 0 Å². The first kappa shape index (κ1) is 18.1. The Labute approximate surface area is 144 Å². The molecule has 1 aromatic heterocycles. The molecule has 0 aliphatic rings. The Morgan fingerprint density at radius 3 is 2.71 bits per heavy atom. The minimum atomic E-state index is -4.00. The summed E-state index contributed by atoms with van der Waals surface area (Å²) in [5.41, 5.74) is -0.316. The molecule has 0 spiro atoms. The summed E-state index contributed by atoms with van der Waals surface area (Å²) in [4.78, 5) is 10.9. The average molecular weight is 368 g/mol. The third kappa shape index (κ3) is 3.81. The number of rotatable bonds is 8. The SMILES string of the molecule is C=CCN(Cc1cccs1)S(=O)(=O)c1cc([N+](=O)[O-])ccc1OC. The Balaban J connectivity index is 2.51. The molecule has 2 rings (SSSR count). The normalized spacial score (nSPS) is 11.4. The van der Waals surface area contributed by atoms with E-state index in [0.717, 1.165) is 10.9 Å². The number of sulfonamides is 1. The van der Waals surface area contributed by atoms with Gasteiger partial charge in [0.25, 0.3) is 5.69 Å². The van der Waals surface area contributed by atoms with Gasteiger partial charge in [0.05, 0.1) is 12.0 Å². The fraction of sp³-hybridized carbons (Fsp3) is 0.200. The maximum Gasteiger partial charge on any atom is 0.271 e. The highest BCUT2D eigenvalue weighted by molar-refractivity contribution is 7.89. The number of nitro groups is 1. The molecule has 0 N–H and O–H groups in total. The monoisotopic (exact) mass is 368 g/mol. The second kappa shape index (κ2) is 7.56. The zero-order valence-corrected chi connectivity index (χ0v) is 14.5. The van der Waals surface area contributed by atoms with Crippen LogP contribution in [0.1, 0.15) is 4.88 Å². The summed E-state index contributed by atoms with van der Waals surface area (Å²) in [6.45, 7) is 3.81. The van der Waals surface area contributed by atoms with Crippen molar-refractivity contribution in [2.24, 2.45) is 0 Å². The minimum Gasteiger partial charge on any atom is -0.495 e. The topological polar surface area (TPSA) is 89.8 Å². The van der Waals surface area contributed by atoms with Crippen LogP contribution in [0.25, 0.3) is 0 Å². The lowest BCUT2D eigenvalue weighted by atomic mass is 10.3. The number of ether oxygens (including phenoxy) is 1. The van der Waals surface area contributed by atoms with Crippen LogP contribution in [0, 0.1) is 10.1 Å². The molecule has 0 saturated heterocycles. The Morgan fingerprint density at radius 2 is 2.17 bits per heavy atom. The van der Waals surface area contributed by atoms with Crippen molar-refractivity contribution in [3.8, 4) is 5.75 Å². The van der Waals surface area contributed by atoms with Crippen molar-refractivity contribution in [3.63, 3.8) is 0 Å². The van der Waals surface area contributed by atoms with E-state index in [9.17, 15) is 18.5 Å². The molecule has 0 unspecified atom stereocenters. The summed E-state index contributed by atoms with van der Waals surface area (Å²) in [6.07, 6.45) is 1.47. The molecule has 0 atom stereocenters. The maximum atomic E-state index is 13.0. The Bertz CT molecular complexity index is 832. The second-order valence-electron chi connectivity index (χ2n) is 4.76. The Hall–Kier alpha value is -2.23. The smallest absolute Gasteiger partial charge is 0.271 e. The Kier molecular flexibility index (Phi) is 5.71. The molecule has 0 fully saturated rings. The molecule has 7 nitrogen and oxygen atoms in total. The summed E-state index contributed by atoms with van der Waals surface area (Å²) < 4.78 is 32.2. The summed E-state index contributed by atoms with van der Waals surface area (Å²) in [6, 6.07) is 7.14. The van der Waals surface area contributed by atoms with Gasteiger partial charge in [-0.25, -0.2) is 8.42 Å². The van der Waals surface area contributed by atoms with Gasteiger partial charge in [-0.3, -0.25) is 10.1 Å². The molecule has 0 bridgehead atoms. The van der Waals surface area contributed by atoms with Crippen LogP contribution in [0.15, 0.2) is 53.3 Å². The number of hydrogen-bond donors (Lipinski definition) is 0. The highest BCUT2D eigenvalue weighted by Crippen LogP contribution is 2.31. The molecule has 0 radical (unpaired) electrons. The molecule has 0 amide bonds. The van der Waals surface area contributed by atoms with E-state index in [1.807, 2.05) is 17.5 Å². The van der Waals surface area contributed by atoms with Crippen molar-refractivity contribution in [2.75, 3.05) is 13.7 Å². The van der Waals surface area contributed by atoms with Gasteiger partial charge in [-0.05, 0) is 17.5 Å². The largest absolute Gasteiger partial charge is 0.495 e. The Morgan fingerprint density at radius 1 is 1.42 bits per heavy atom. The van der Waals surface area contributed by atoms with Gasteiger partial charge in [0.1, 0.15) is 10.6 Å². The van der Waals surface area contributed by atoms with E-state index in [-0.39, 0.29) is 29.4 Å². The summed E-state index contributed by atoms with van der Waals surface area (Å²) in [5, 5.41) is 12.8. The lowest BCUT2D eigenvalue weighted by molar-refractivity contribution is -0.385. The number of benzene rings is 1. The highest BCUT2D eigenvalue weighted by atomic mass is 32.2. The third-order valence-electron chi connectivity index (χ3n) is 3.22. The molecular weight excluding hydrogens is 352 g/mol. The zero-order valence-electron chi connectivity index (χ0n) is 12.9. The van der Waals surface area contributed by atoms with E-state index in [1.54, 1.807) is 0 Å². The molecule has 24 heavy (non-hydrogen) atoms. The number of non-ortho nitro benzene ring substituents is 1. The van der Waals surface area contributed by atoms with Gasteiger partial charge in [0.15, 0.2) is 0 Å². The maximum absolute atomic E-state index is 13.0. The predicted molar refractivity (Wildman–Crippen MR) is 91.8 cm³/mol. The number of methoxy groups -OCH3 is 1. The van der Waals surface area contributed by atoms with Gasteiger partial charge < -0.3 is 4.74 Å². The number of hydrogen-bond acceptors (Lipinski definition) is 6. The molecule has 1 aromatic carbocycles. The van der Waals surface area contributed by atoms with Crippen LogP contribution < -0.4 is 4.74 Å². The third-order valence-corrected chi connectivity index (χ3v) is 5.91. The molecule has 2 aromatic rings. The van der Waals surface area contributed by atoms with Crippen molar-refractivity contribution in [3.05, 3.63) is 63.4 Å². The van der Waals surface area contributed by atoms with Crippen molar-refractivity contribution in [1.29, 1.82) is 0 Å². The molecule has 128 valence electrons. The molecule has 0 aliphatic carbocycles. The van der Waals surface area contributed by atoms with Crippen LogP contribution in [0.5, 0.6) is 5.75 Å². The van der Waals surface area contributed by atoms with E-state index in [2.05, 4.69) is 6.58 Å². The van der Waals surface area contributed by atoms with Crippen LogP contribution in [0.4, 0.5) is 5.69 Å². The number of nitrogens with zero attached hydrogens (tertiary/aromatic N) is 2. The summed E-state index contributed by atoms with van der Waals surface area (Å²) in [7, 11) is -2.68. The van der Waals surface area contributed by atoms with Crippen LogP contribution in [0.3, 0.4) is 0 Å². The molecular formula is C15H16N2O5S2. The first-order valence-electron chi connectivity index (χ1n) is 6.86. The van der Waals surface area contributed by atoms with Crippen molar-refractivity contribution < 1.29 is 18.1 Å². The van der Waals surface area contributed by atoms with Gasteiger partial charge in [-0.1, -0.05) is 12.1 Å². The van der Waals surface area contributed by atoms with Gasteiger partial charge in [-0.15, -0.1) is 17.9 Å². The van der Waals surface area contributed by atoms with Crippen molar-refractivity contribution >= 4 is 27.0 Å². The van der Waals surface area contributed by atoms with Crippen molar-refractivity contribution in [1.82, 2.24) is 4.31 Å². The first-order chi connectivity index (χ1) is 11.4. The first-order valence-corrected chi connectivity index (χ1v) is 9.18. The average Bonchev–Trinajstić information content (AvgIpc) is 3.06. The predicted octanol–water partition coefficient (Wildman–Crippen LogP) is 3.04. The second-order valence-corrected chi connectivity index (χ2v) is 7.70. The van der Waals surface area contributed by atoms with Gasteiger partial charge in [0, 0.05) is 30.1 Å². The lowest BCUT2D eigenvalue weighted by Crippen LogP contribution is -2.31. The van der Waals surface area contributed by atoms with E-state index >= 15 is 0 Å². The van der Waals surface area contributed by atoms with Crippen LogP contribution in [-0.2, 0) is 16.6 Å². The molecule has 0 aliphatic heterocycles. The van der Waals surface area contributed by atoms with Gasteiger partial charge in [0.2, 0.25) is 10.0 Å². The fourth-order valence-corrected chi connectivity index (χ4v) is 4.45. The van der Waals surface area contributed by atoms with Crippen molar-refractivity contribution in [2.45, 2.75) is 11.4 Å². The quantitative estimate of drug-likeness (QED) is 0.406. The van der Waals surface area contributed by atoms with Gasteiger partial charge in [-0.2, -0.15) is 4.31 Å². The number of thiophene rings is 1. The summed E-state index contributed by atoms with van der Waals surface area (Å²) >= 11 is 1.43.